The lowest BCUT2D eigenvalue weighted by Gasteiger charge is -1.99. The van der Waals surface area contributed by atoms with Crippen LogP contribution in [-0.4, -0.2) is 9.38 Å². The van der Waals surface area contributed by atoms with Crippen LogP contribution < -0.4 is 5.73 Å². The van der Waals surface area contributed by atoms with Crippen molar-refractivity contribution in [2.45, 2.75) is 20.3 Å². The van der Waals surface area contributed by atoms with Crippen molar-refractivity contribution in [1.82, 2.24) is 9.38 Å². The number of hydrogen-bond acceptors (Lipinski definition) is 2. The number of aryl methyl sites for hydroxylation is 2. The molecule has 0 atom stereocenters. The minimum absolute atomic E-state index is 0.777. The van der Waals surface area contributed by atoms with Gasteiger partial charge in [-0.05, 0) is 19.1 Å². The zero-order valence-electron chi connectivity index (χ0n) is 7.91. The quantitative estimate of drug-likeness (QED) is 0.718. The Hall–Kier alpha value is -1.51. The molecule has 0 radical (unpaired) electrons. The fourth-order valence-corrected chi connectivity index (χ4v) is 1.58. The highest BCUT2D eigenvalue weighted by Gasteiger charge is 2.05. The van der Waals surface area contributed by atoms with Crippen LogP contribution >= 0.6 is 0 Å². The highest BCUT2D eigenvalue weighted by molar-refractivity contribution is 5.56. The van der Waals surface area contributed by atoms with Crippen molar-refractivity contribution in [2.24, 2.45) is 0 Å². The summed E-state index contributed by atoms with van der Waals surface area (Å²) in [5, 5.41) is 0. The molecule has 0 saturated carbocycles. The molecule has 68 valence electrons. The van der Waals surface area contributed by atoms with Gasteiger partial charge in [0.25, 0.3) is 0 Å². The van der Waals surface area contributed by atoms with Gasteiger partial charge >= 0.3 is 0 Å². The van der Waals surface area contributed by atoms with Crippen LogP contribution in [0, 0.1) is 6.92 Å². The molecule has 13 heavy (non-hydrogen) atoms. The fourth-order valence-electron chi connectivity index (χ4n) is 1.58. The second-order valence-corrected chi connectivity index (χ2v) is 3.18. The second-order valence-electron chi connectivity index (χ2n) is 3.18. The molecule has 0 saturated heterocycles. The molecule has 2 aromatic rings. The third-order valence-corrected chi connectivity index (χ3v) is 2.23. The largest absolute Gasteiger partial charge is 0.398 e. The number of rotatable bonds is 1. The average molecular weight is 175 g/mol. The van der Waals surface area contributed by atoms with Gasteiger partial charge in [0.1, 0.15) is 5.82 Å². The number of anilines is 1. The molecule has 2 N–H and O–H groups in total. The molecule has 0 aliphatic carbocycles. The Bertz CT molecular complexity index is 443. The summed E-state index contributed by atoms with van der Waals surface area (Å²) < 4.78 is 2.06. The lowest BCUT2D eigenvalue weighted by Crippen LogP contribution is -1.94. The predicted octanol–water partition coefficient (Wildman–Crippen LogP) is 1.79. The van der Waals surface area contributed by atoms with E-state index in [9.17, 15) is 0 Å². The van der Waals surface area contributed by atoms with Gasteiger partial charge in [-0.2, -0.15) is 0 Å². The van der Waals surface area contributed by atoms with E-state index in [1.54, 1.807) is 0 Å². The van der Waals surface area contributed by atoms with Gasteiger partial charge in [-0.3, -0.25) is 0 Å². The van der Waals surface area contributed by atoms with Gasteiger partial charge in [0.15, 0.2) is 0 Å². The first-order chi connectivity index (χ1) is 6.22. The lowest BCUT2D eigenvalue weighted by atomic mass is 10.3. The average Bonchev–Trinajstić information content (AvgIpc) is 2.42. The van der Waals surface area contributed by atoms with E-state index >= 15 is 0 Å². The van der Waals surface area contributed by atoms with Crippen LogP contribution in [0.25, 0.3) is 5.52 Å². The molecule has 3 nitrogen and oxygen atoms in total. The van der Waals surface area contributed by atoms with Crippen molar-refractivity contribution >= 4 is 11.2 Å². The Labute approximate surface area is 77.2 Å². The molecule has 0 spiro atoms. The molecule has 0 aliphatic rings. The summed E-state index contributed by atoms with van der Waals surface area (Å²) in [4.78, 5) is 4.46. The van der Waals surface area contributed by atoms with Gasteiger partial charge in [-0.25, -0.2) is 4.98 Å². The Morgan fingerprint density at radius 3 is 2.92 bits per heavy atom. The topological polar surface area (TPSA) is 43.3 Å². The minimum Gasteiger partial charge on any atom is -0.398 e. The first-order valence-corrected chi connectivity index (χ1v) is 4.45. The predicted molar refractivity (Wildman–Crippen MR) is 53.7 cm³/mol. The molecule has 2 heterocycles. The first kappa shape index (κ1) is 8.10. The van der Waals surface area contributed by atoms with Gasteiger partial charge in [-0.15, -0.1) is 0 Å². The maximum absolute atomic E-state index is 5.71. The van der Waals surface area contributed by atoms with Gasteiger partial charge < -0.3 is 10.1 Å². The number of hydrogen-bond donors (Lipinski definition) is 1. The minimum atomic E-state index is 0.777. The fraction of sp³-hybridized carbons (Fsp3) is 0.300. The van der Waals surface area contributed by atoms with Crippen LogP contribution in [0.4, 0.5) is 5.69 Å². The molecule has 0 amide bonds. The van der Waals surface area contributed by atoms with Crippen molar-refractivity contribution in [2.75, 3.05) is 5.73 Å². The zero-order chi connectivity index (χ0) is 9.42. The number of nitrogen functional groups attached to an aromatic ring is 1. The van der Waals surface area contributed by atoms with Gasteiger partial charge in [0.05, 0.1) is 11.2 Å². The van der Waals surface area contributed by atoms with Crippen molar-refractivity contribution in [3.63, 3.8) is 0 Å². The summed E-state index contributed by atoms with van der Waals surface area (Å²) in [6.07, 6.45) is 2.85. The van der Waals surface area contributed by atoms with Crippen molar-refractivity contribution in [3.05, 3.63) is 29.8 Å². The van der Waals surface area contributed by atoms with Crippen molar-refractivity contribution in [1.29, 1.82) is 0 Å². The van der Waals surface area contributed by atoms with E-state index in [2.05, 4.69) is 16.3 Å². The molecule has 0 bridgehead atoms. The Balaban J connectivity index is 2.81. The third kappa shape index (κ3) is 1.16. The lowest BCUT2D eigenvalue weighted by molar-refractivity contribution is 0.930. The maximum atomic E-state index is 5.71. The highest BCUT2D eigenvalue weighted by atomic mass is 15.0. The molecular weight excluding hydrogens is 162 g/mol. The molecule has 0 aromatic carbocycles. The smallest absolute Gasteiger partial charge is 0.113 e. The third-order valence-electron chi connectivity index (χ3n) is 2.23. The second kappa shape index (κ2) is 2.76. The Kier molecular flexibility index (Phi) is 1.72. The summed E-state index contributed by atoms with van der Waals surface area (Å²) in [7, 11) is 0. The highest BCUT2D eigenvalue weighted by Crippen LogP contribution is 2.14. The van der Waals surface area contributed by atoms with E-state index in [0.29, 0.717) is 0 Å². The molecule has 0 aliphatic heterocycles. The summed E-state index contributed by atoms with van der Waals surface area (Å²) in [5.41, 5.74) is 8.70. The van der Waals surface area contributed by atoms with Crippen LogP contribution in [0.5, 0.6) is 0 Å². The van der Waals surface area contributed by atoms with Crippen molar-refractivity contribution < 1.29 is 0 Å². The van der Waals surface area contributed by atoms with E-state index in [1.165, 1.54) is 0 Å². The van der Waals surface area contributed by atoms with E-state index in [4.69, 9.17) is 5.73 Å². The number of imidazole rings is 1. The summed E-state index contributed by atoms with van der Waals surface area (Å²) in [6, 6.07) is 3.92. The summed E-state index contributed by atoms with van der Waals surface area (Å²) in [5.74, 6) is 1.07. The Morgan fingerprint density at radius 2 is 2.23 bits per heavy atom. The summed E-state index contributed by atoms with van der Waals surface area (Å²) >= 11 is 0. The molecule has 3 heteroatoms. The number of pyridine rings is 1. The molecular formula is C10H13N3. The number of nitrogens with zero attached hydrogens (tertiary/aromatic N) is 2. The molecule has 0 fully saturated rings. The van der Waals surface area contributed by atoms with Gasteiger partial charge in [-0.1, -0.05) is 6.92 Å². The van der Waals surface area contributed by atoms with Crippen molar-refractivity contribution in [3.8, 4) is 0 Å². The maximum Gasteiger partial charge on any atom is 0.113 e. The van der Waals surface area contributed by atoms with E-state index in [0.717, 1.165) is 29.1 Å². The van der Waals surface area contributed by atoms with E-state index in [-0.39, 0.29) is 0 Å². The molecule has 2 aromatic heterocycles. The Morgan fingerprint density at radius 1 is 1.46 bits per heavy atom. The van der Waals surface area contributed by atoms with E-state index < -0.39 is 0 Å². The normalized spacial score (nSPS) is 10.9. The van der Waals surface area contributed by atoms with Gasteiger partial charge in [0.2, 0.25) is 0 Å². The summed E-state index contributed by atoms with van der Waals surface area (Å²) in [6.45, 7) is 4.11. The number of aromatic nitrogens is 2. The zero-order valence-corrected chi connectivity index (χ0v) is 7.91. The van der Waals surface area contributed by atoms with Crippen LogP contribution in [0.15, 0.2) is 18.3 Å². The molecule has 2 rings (SSSR count). The van der Waals surface area contributed by atoms with E-state index in [1.807, 2.05) is 25.3 Å². The van der Waals surface area contributed by atoms with Crippen LogP contribution in [-0.2, 0) is 6.42 Å². The monoisotopic (exact) mass is 175 g/mol. The van der Waals surface area contributed by atoms with Crippen LogP contribution in [0.2, 0.25) is 0 Å². The number of nitrogens with two attached hydrogens (primary N) is 1. The molecule has 0 unspecified atom stereocenters. The van der Waals surface area contributed by atoms with Gasteiger partial charge in [0, 0.05) is 18.3 Å². The first-order valence-electron chi connectivity index (χ1n) is 4.45. The standard InChI is InChI=1S/C10H13N3/c1-3-10-12-7(2)9-5-4-8(11)6-13(9)10/h4-6H,3,11H2,1-2H3. The SMILES string of the molecule is CCc1nc(C)c2ccc(N)cn12. The van der Waals surface area contributed by atoms with Crippen LogP contribution in [0.1, 0.15) is 18.4 Å². The number of fused-ring (bicyclic) bond motifs is 1. The van der Waals surface area contributed by atoms with Crippen LogP contribution in [0.3, 0.4) is 0 Å².